The maximum Gasteiger partial charge on any atom is 0.176 e. The van der Waals surface area contributed by atoms with Gasteiger partial charge >= 0.3 is 0 Å². The number of aromatic nitrogens is 4. The van der Waals surface area contributed by atoms with Crippen molar-refractivity contribution in [2.75, 3.05) is 7.11 Å². The van der Waals surface area contributed by atoms with Crippen molar-refractivity contribution >= 4 is 0 Å². The van der Waals surface area contributed by atoms with E-state index in [2.05, 4.69) is 33.0 Å². The lowest BCUT2D eigenvalue weighted by Gasteiger charge is -2.13. The van der Waals surface area contributed by atoms with Crippen LogP contribution in [-0.2, 0) is 19.9 Å². The summed E-state index contributed by atoms with van der Waals surface area (Å²) in [7, 11) is 3.41. The van der Waals surface area contributed by atoms with E-state index in [9.17, 15) is 0 Å². The van der Waals surface area contributed by atoms with Crippen LogP contribution >= 0.6 is 0 Å². The first-order chi connectivity index (χ1) is 9.71. The van der Waals surface area contributed by atoms with E-state index >= 15 is 0 Å². The molecule has 0 aliphatic rings. The number of nitrogens with one attached hydrogen (secondary N) is 1. The molecule has 0 aliphatic carbocycles. The van der Waals surface area contributed by atoms with E-state index in [1.54, 1.807) is 14.2 Å². The Kier molecular flexibility index (Phi) is 5.03. The van der Waals surface area contributed by atoms with Gasteiger partial charge in [0.1, 0.15) is 5.75 Å². The molecule has 0 bridgehead atoms. The third-order valence-corrected chi connectivity index (χ3v) is 3.15. The van der Waals surface area contributed by atoms with Crippen molar-refractivity contribution in [1.29, 1.82) is 0 Å². The molecule has 2 aromatic rings. The Bertz CT molecular complexity index is 524. The fraction of sp³-hybridized carbons (Fsp3) is 0.462. The quantitative estimate of drug-likeness (QED) is 0.555. The molecule has 0 aliphatic heterocycles. The topological polar surface area (TPSA) is 90.9 Å². The highest BCUT2D eigenvalue weighted by molar-refractivity contribution is 5.27. The summed E-state index contributed by atoms with van der Waals surface area (Å²) >= 11 is 0. The summed E-state index contributed by atoms with van der Waals surface area (Å²) in [5.41, 5.74) is 4.06. The molecule has 0 saturated carbocycles. The van der Waals surface area contributed by atoms with Gasteiger partial charge in [-0.2, -0.15) is 4.80 Å². The molecule has 1 aromatic heterocycles. The minimum absolute atomic E-state index is 0.126. The average Bonchev–Trinajstić information content (AvgIpc) is 2.89. The molecule has 2 rings (SSSR count). The molecule has 1 aromatic carbocycles. The van der Waals surface area contributed by atoms with Crippen LogP contribution in [0.1, 0.15) is 17.8 Å². The van der Waals surface area contributed by atoms with Gasteiger partial charge in [0.2, 0.25) is 0 Å². The monoisotopic (exact) mass is 276 g/mol. The predicted octanol–water partition coefficient (Wildman–Crippen LogP) is 0.226. The SMILES string of the molecule is COc1ccc(CCC(Cc2nnn(C)n2)NN)cc1. The maximum absolute atomic E-state index is 5.58. The minimum Gasteiger partial charge on any atom is -0.497 e. The molecule has 0 spiro atoms. The van der Waals surface area contributed by atoms with Gasteiger partial charge < -0.3 is 4.74 Å². The van der Waals surface area contributed by atoms with Crippen molar-refractivity contribution in [3.05, 3.63) is 35.7 Å². The van der Waals surface area contributed by atoms with Crippen LogP contribution in [-0.4, -0.2) is 33.4 Å². The van der Waals surface area contributed by atoms with Crippen molar-refractivity contribution in [2.45, 2.75) is 25.3 Å². The van der Waals surface area contributed by atoms with Crippen molar-refractivity contribution in [3.63, 3.8) is 0 Å². The number of rotatable bonds is 7. The van der Waals surface area contributed by atoms with Gasteiger partial charge in [0.25, 0.3) is 0 Å². The van der Waals surface area contributed by atoms with Gasteiger partial charge in [-0.1, -0.05) is 12.1 Å². The minimum atomic E-state index is 0.126. The Morgan fingerprint density at radius 1 is 1.35 bits per heavy atom. The van der Waals surface area contributed by atoms with Crippen LogP contribution in [0.15, 0.2) is 24.3 Å². The van der Waals surface area contributed by atoms with Crippen LogP contribution in [0.4, 0.5) is 0 Å². The largest absolute Gasteiger partial charge is 0.497 e. The molecule has 0 amide bonds. The summed E-state index contributed by atoms with van der Waals surface area (Å²) in [6.45, 7) is 0. The van der Waals surface area contributed by atoms with Crippen LogP contribution < -0.4 is 16.0 Å². The van der Waals surface area contributed by atoms with Crippen molar-refractivity contribution in [2.24, 2.45) is 12.9 Å². The average molecular weight is 276 g/mol. The van der Waals surface area contributed by atoms with Gasteiger partial charge in [-0.3, -0.25) is 11.3 Å². The molecule has 7 nitrogen and oxygen atoms in total. The Hall–Kier alpha value is -1.99. The number of benzene rings is 1. The fourth-order valence-corrected chi connectivity index (χ4v) is 2.00. The zero-order chi connectivity index (χ0) is 14.4. The van der Waals surface area contributed by atoms with Gasteiger partial charge in [0, 0.05) is 12.5 Å². The van der Waals surface area contributed by atoms with E-state index in [0.29, 0.717) is 12.2 Å². The summed E-state index contributed by atoms with van der Waals surface area (Å²) in [6, 6.07) is 8.18. The zero-order valence-electron chi connectivity index (χ0n) is 11.8. The Labute approximate surface area is 118 Å². The van der Waals surface area contributed by atoms with Gasteiger partial charge in [0.05, 0.1) is 14.2 Å². The molecule has 0 radical (unpaired) electrons. The molecule has 1 heterocycles. The second kappa shape index (κ2) is 6.97. The summed E-state index contributed by atoms with van der Waals surface area (Å²) in [5, 5.41) is 11.9. The highest BCUT2D eigenvalue weighted by atomic mass is 16.5. The number of hydrazine groups is 1. The lowest BCUT2D eigenvalue weighted by atomic mass is 10.0. The number of methoxy groups -OCH3 is 1. The highest BCUT2D eigenvalue weighted by Crippen LogP contribution is 2.13. The Balaban J connectivity index is 1.86. The van der Waals surface area contributed by atoms with Gasteiger partial charge in [0.15, 0.2) is 5.82 Å². The number of aryl methyl sites for hydroxylation is 2. The van der Waals surface area contributed by atoms with Crippen LogP contribution in [0.3, 0.4) is 0 Å². The molecular formula is C13H20N6O. The summed E-state index contributed by atoms with van der Waals surface area (Å²) in [6.07, 6.45) is 2.50. The number of nitrogens with two attached hydrogens (primary N) is 1. The van der Waals surface area contributed by atoms with Gasteiger partial charge in [-0.25, -0.2) is 0 Å². The third-order valence-electron chi connectivity index (χ3n) is 3.15. The molecule has 108 valence electrons. The first-order valence-electron chi connectivity index (χ1n) is 6.53. The molecule has 0 saturated heterocycles. The van der Waals surface area contributed by atoms with Gasteiger partial charge in [-0.05, 0) is 35.8 Å². The highest BCUT2D eigenvalue weighted by Gasteiger charge is 2.11. The fourth-order valence-electron chi connectivity index (χ4n) is 2.00. The van der Waals surface area contributed by atoms with E-state index in [1.165, 1.54) is 10.4 Å². The Morgan fingerprint density at radius 2 is 2.10 bits per heavy atom. The molecule has 1 atom stereocenters. The molecule has 7 heteroatoms. The maximum atomic E-state index is 5.58. The summed E-state index contributed by atoms with van der Waals surface area (Å²) < 4.78 is 5.14. The normalized spacial score (nSPS) is 12.3. The standard InChI is InChI=1S/C13H20N6O/c1-19-17-13(16-18-19)9-11(15-14)6-3-10-4-7-12(20-2)8-5-10/h4-5,7-8,11,15H,3,6,9,14H2,1-2H3. The molecule has 20 heavy (non-hydrogen) atoms. The summed E-state index contributed by atoms with van der Waals surface area (Å²) in [5.74, 6) is 7.15. The van der Waals surface area contributed by atoms with Gasteiger partial charge in [-0.15, -0.1) is 10.2 Å². The number of hydrogen-bond donors (Lipinski definition) is 2. The van der Waals surface area contributed by atoms with Crippen LogP contribution in [0.5, 0.6) is 5.75 Å². The van der Waals surface area contributed by atoms with E-state index < -0.39 is 0 Å². The summed E-state index contributed by atoms with van der Waals surface area (Å²) in [4.78, 5) is 1.45. The second-order valence-corrected chi connectivity index (χ2v) is 4.65. The van der Waals surface area contributed by atoms with Crippen molar-refractivity contribution < 1.29 is 4.74 Å². The van der Waals surface area contributed by atoms with E-state index in [-0.39, 0.29) is 6.04 Å². The Morgan fingerprint density at radius 3 is 2.65 bits per heavy atom. The second-order valence-electron chi connectivity index (χ2n) is 4.65. The molecule has 3 N–H and O–H groups in total. The van der Waals surface area contributed by atoms with E-state index in [4.69, 9.17) is 10.6 Å². The lowest BCUT2D eigenvalue weighted by Crippen LogP contribution is -2.37. The van der Waals surface area contributed by atoms with Crippen LogP contribution in [0, 0.1) is 0 Å². The van der Waals surface area contributed by atoms with E-state index in [1.807, 2.05) is 12.1 Å². The molecule has 1 unspecified atom stereocenters. The number of nitrogens with zero attached hydrogens (tertiary/aromatic N) is 4. The predicted molar refractivity (Wildman–Crippen MR) is 74.9 cm³/mol. The number of hydrogen-bond acceptors (Lipinski definition) is 6. The lowest BCUT2D eigenvalue weighted by molar-refractivity contribution is 0.414. The van der Waals surface area contributed by atoms with Crippen LogP contribution in [0.2, 0.25) is 0 Å². The van der Waals surface area contributed by atoms with Crippen molar-refractivity contribution in [3.8, 4) is 5.75 Å². The van der Waals surface area contributed by atoms with Crippen molar-refractivity contribution in [1.82, 2.24) is 25.6 Å². The van der Waals surface area contributed by atoms with E-state index in [0.717, 1.165) is 18.6 Å². The smallest absolute Gasteiger partial charge is 0.176 e. The van der Waals surface area contributed by atoms with Crippen LogP contribution in [0.25, 0.3) is 0 Å². The first-order valence-corrected chi connectivity index (χ1v) is 6.53. The third kappa shape index (κ3) is 4.01. The number of tetrazole rings is 1. The molecular weight excluding hydrogens is 256 g/mol. The molecule has 0 fully saturated rings. The first kappa shape index (κ1) is 14.4. The zero-order valence-corrected chi connectivity index (χ0v) is 11.8. The number of ether oxygens (including phenoxy) is 1.